The molecule has 32 heavy (non-hydrogen) atoms. The molecule has 2 heterocycles. The second-order valence-electron chi connectivity index (χ2n) is 7.40. The number of halogens is 1. The monoisotopic (exact) mass is 427 g/mol. The van der Waals surface area contributed by atoms with E-state index in [2.05, 4.69) is 6.58 Å². The average Bonchev–Trinajstić information content (AvgIpc) is 3.11. The van der Waals surface area contributed by atoms with Crippen molar-refractivity contribution in [3.8, 4) is 5.75 Å². The Kier molecular flexibility index (Phi) is 4.82. The van der Waals surface area contributed by atoms with Gasteiger partial charge in [-0.05, 0) is 48.0 Å². The highest BCUT2D eigenvalue weighted by atomic mass is 19.1. The van der Waals surface area contributed by atoms with E-state index in [1.54, 1.807) is 36.4 Å². The van der Waals surface area contributed by atoms with Crippen molar-refractivity contribution < 1.29 is 18.3 Å². The van der Waals surface area contributed by atoms with E-state index in [-0.39, 0.29) is 22.3 Å². The van der Waals surface area contributed by atoms with Crippen LogP contribution in [0.15, 0.2) is 94.7 Å². The Balaban J connectivity index is 1.77. The fraction of sp³-hybridized carbons (Fsp3) is 0.0769. The van der Waals surface area contributed by atoms with Crippen LogP contribution in [-0.2, 0) is 0 Å². The van der Waals surface area contributed by atoms with Gasteiger partial charge in [-0.25, -0.2) is 4.39 Å². The molecule has 158 valence electrons. The Morgan fingerprint density at radius 3 is 2.62 bits per heavy atom. The lowest BCUT2D eigenvalue weighted by Gasteiger charge is -2.25. The molecule has 1 amide bonds. The first kappa shape index (κ1) is 19.8. The predicted molar refractivity (Wildman–Crippen MR) is 120 cm³/mol. The first-order valence-electron chi connectivity index (χ1n) is 10.1. The Labute approximate surface area is 183 Å². The molecule has 1 unspecified atom stereocenters. The zero-order valence-corrected chi connectivity index (χ0v) is 17.0. The van der Waals surface area contributed by atoms with Gasteiger partial charge in [0.15, 0.2) is 5.43 Å². The van der Waals surface area contributed by atoms with Crippen molar-refractivity contribution in [1.82, 2.24) is 0 Å². The van der Waals surface area contributed by atoms with Crippen molar-refractivity contribution in [3.05, 3.63) is 118 Å². The molecule has 3 aromatic carbocycles. The van der Waals surface area contributed by atoms with E-state index in [1.165, 1.54) is 17.0 Å². The average molecular weight is 427 g/mol. The van der Waals surface area contributed by atoms with Gasteiger partial charge in [-0.15, -0.1) is 0 Å². The first-order chi connectivity index (χ1) is 15.6. The van der Waals surface area contributed by atoms with Crippen molar-refractivity contribution in [2.45, 2.75) is 6.04 Å². The van der Waals surface area contributed by atoms with Crippen LogP contribution in [0.1, 0.15) is 27.7 Å². The molecule has 1 aliphatic rings. The number of carbonyl (C=O) groups is 1. The predicted octanol–water partition coefficient (Wildman–Crippen LogP) is 5.25. The van der Waals surface area contributed by atoms with Gasteiger partial charge >= 0.3 is 0 Å². The lowest BCUT2D eigenvalue weighted by atomic mass is 9.98. The summed E-state index contributed by atoms with van der Waals surface area (Å²) in [4.78, 5) is 28.5. The lowest BCUT2D eigenvalue weighted by Crippen LogP contribution is -2.29. The minimum atomic E-state index is -0.754. The molecule has 0 fully saturated rings. The maximum absolute atomic E-state index is 13.9. The number of carbonyl (C=O) groups excluding carboxylic acids is 1. The number of para-hydroxylation sites is 1. The van der Waals surface area contributed by atoms with Gasteiger partial charge in [0.1, 0.15) is 23.8 Å². The summed E-state index contributed by atoms with van der Waals surface area (Å²) in [6, 6.07) is 19.2. The van der Waals surface area contributed by atoms with Crippen molar-refractivity contribution in [2.75, 3.05) is 11.5 Å². The van der Waals surface area contributed by atoms with E-state index in [0.29, 0.717) is 23.6 Å². The standard InChI is InChI=1S/C26H18FNO4/c1-2-13-31-19-10-6-7-16(14-19)23-22-24(29)20-15-17(27)11-12-21(20)32-25(22)26(30)28(23)18-8-4-3-5-9-18/h2-12,14-15,23H,1,13H2. The van der Waals surface area contributed by atoms with Crippen LogP contribution >= 0.6 is 0 Å². The smallest absolute Gasteiger partial charge is 0.295 e. The number of nitrogens with zero attached hydrogens (tertiary/aromatic N) is 1. The fourth-order valence-corrected chi connectivity index (χ4v) is 4.04. The summed E-state index contributed by atoms with van der Waals surface area (Å²) >= 11 is 0. The van der Waals surface area contributed by atoms with E-state index in [4.69, 9.17) is 9.15 Å². The zero-order chi connectivity index (χ0) is 22.2. The molecule has 0 aliphatic carbocycles. The first-order valence-corrected chi connectivity index (χ1v) is 10.1. The molecule has 1 atom stereocenters. The number of anilines is 1. The van der Waals surface area contributed by atoms with Crippen LogP contribution in [0.25, 0.3) is 11.0 Å². The summed E-state index contributed by atoms with van der Waals surface area (Å²) in [5.41, 5.74) is 1.19. The van der Waals surface area contributed by atoms with Crippen LogP contribution in [0.3, 0.4) is 0 Å². The molecule has 5 nitrogen and oxygen atoms in total. The SMILES string of the molecule is C=CCOc1cccc(C2c3c(oc4ccc(F)cc4c3=O)C(=O)N2c2ccccc2)c1. The summed E-state index contributed by atoms with van der Waals surface area (Å²) in [6.45, 7) is 3.97. The van der Waals surface area contributed by atoms with Crippen molar-refractivity contribution in [2.24, 2.45) is 0 Å². The molecule has 1 aliphatic heterocycles. The molecule has 4 aromatic rings. The number of ether oxygens (including phenoxy) is 1. The van der Waals surface area contributed by atoms with Crippen LogP contribution in [0.5, 0.6) is 5.75 Å². The number of rotatable bonds is 5. The van der Waals surface area contributed by atoms with E-state index in [1.807, 2.05) is 24.3 Å². The molecule has 6 heteroatoms. The number of benzene rings is 3. The van der Waals surface area contributed by atoms with Gasteiger partial charge < -0.3 is 9.15 Å². The molecule has 0 N–H and O–H groups in total. The largest absolute Gasteiger partial charge is 0.490 e. The highest BCUT2D eigenvalue weighted by Crippen LogP contribution is 2.41. The minimum Gasteiger partial charge on any atom is -0.490 e. The topological polar surface area (TPSA) is 59.8 Å². The van der Waals surface area contributed by atoms with Gasteiger partial charge in [0, 0.05) is 5.69 Å². The fourth-order valence-electron chi connectivity index (χ4n) is 4.04. The zero-order valence-electron chi connectivity index (χ0n) is 17.0. The Hall–Kier alpha value is -4.19. The van der Waals surface area contributed by atoms with Crippen molar-refractivity contribution in [1.29, 1.82) is 0 Å². The van der Waals surface area contributed by atoms with Gasteiger partial charge in [-0.2, -0.15) is 0 Å². The molecule has 1 aromatic heterocycles. The van der Waals surface area contributed by atoms with Crippen LogP contribution in [0.2, 0.25) is 0 Å². The van der Waals surface area contributed by atoms with Gasteiger partial charge in [0.05, 0.1) is 17.0 Å². The number of amides is 1. The van der Waals surface area contributed by atoms with E-state index < -0.39 is 23.2 Å². The maximum Gasteiger partial charge on any atom is 0.295 e. The second-order valence-corrected chi connectivity index (χ2v) is 7.40. The number of hydrogen-bond donors (Lipinski definition) is 0. The molecular weight excluding hydrogens is 409 g/mol. The number of fused-ring (bicyclic) bond motifs is 2. The molecule has 5 rings (SSSR count). The van der Waals surface area contributed by atoms with E-state index >= 15 is 0 Å². The Morgan fingerprint density at radius 2 is 1.84 bits per heavy atom. The highest BCUT2D eigenvalue weighted by molar-refractivity contribution is 6.10. The summed E-state index contributed by atoms with van der Waals surface area (Å²) in [7, 11) is 0. The van der Waals surface area contributed by atoms with E-state index in [0.717, 1.165) is 6.07 Å². The van der Waals surface area contributed by atoms with Crippen molar-refractivity contribution in [3.63, 3.8) is 0 Å². The quantitative estimate of drug-likeness (QED) is 0.409. The lowest BCUT2D eigenvalue weighted by molar-refractivity contribution is 0.0971. The van der Waals surface area contributed by atoms with Crippen LogP contribution < -0.4 is 15.1 Å². The van der Waals surface area contributed by atoms with Crippen LogP contribution in [0, 0.1) is 5.82 Å². The maximum atomic E-state index is 13.9. The van der Waals surface area contributed by atoms with Gasteiger partial charge in [-0.1, -0.05) is 43.0 Å². The molecular formula is C26H18FNO4. The summed E-state index contributed by atoms with van der Waals surface area (Å²) in [6.07, 6.45) is 1.63. The third kappa shape index (κ3) is 3.17. The Bertz CT molecular complexity index is 1410. The normalized spacial score (nSPS) is 15.1. The van der Waals surface area contributed by atoms with Crippen LogP contribution in [0.4, 0.5) is 10.1 Å². The minimum absolute atomic E-state index is 0.0413. The molecule has 0 saturated carbocycles. The third-order valence-electron chi connectivity index (χ3n) is 5.41. The Morgan fingerprint density at radius 1 is 1.03 bits per heavy atom. The third-order valence-corrected chi connectivity index (χ3v) is 5.41. The summed E-state index contributed by atoms with van der Waals surface area (Å²) in [5, 5.41) is 0.0931. The van der Waals surface area contributed by atoms with E-state index in [9.17, 15) is 14.0 Å². The summed E-state index contributed by atoms with van der Waals surface area (Å²) in [5.74, 6) is -0.449. The summed E-state index contributed by atoms with van der Waals surface area (Å²) < 4.78 is 25.4. The van der Waals surface area contributed by atoms with Crippen LogP contribution in [-0.4, -0.2) is 12.5 Å². The molecule has 0 spiro atoms. The molecule has 0 radical (unpaired) electrons. The van der Waals surface area contributed by atoms with Gasteiger partial charge in [-0.3, -0.25) is 14.5 Å². The highest BCUT2D eigenvalue weighted by Gasteiger charge is 2.43. The molecule has 0 saturated heterocycles. The molecule has 0 bridgehead atoms. The van der Waals surface area contributed by atoms with Crippen molar-refractivity contribution >= 4 is 22.6 Å². The van der Waals surface area contributed by atoms with Gasteiger partial charge in [0.2, 0.25) is 5.76 Å². The number of hydrogen-bond acceptors (Lipinski definition) is 4. The second kappa shape index (κ2) is 7.81. The van der Waals surface area contributed by atoms with Gasteiger partial charge in [0.25, 0.3) is 5.91 Å².